The molecular formula is C16H30N2O. The molecule has 1 rings (SSSR count). The SMILES string of the molecule is CC.CC(C)(N)C=O.CCc1cccc(CNC)c1. The van der Waals surface area contributed by atoms with Crippen molar-refractivity contribution in [2.45, 2.75) is 53.1 Å². The normalized spacial score (nSPS) is 9.63. The highest BCUT2D eigenvalue weighted by Gasteiger charge is 2.04. The second-order valence-corrected chi connectivity index (χ2v) is 4.64. The lowest BCUT2D eigenvalue weighted by molar-refractivity contribution is -0.111. The Labute approximate surface area is 118 Å². The standard InChI is InChI=1S/C10H15N.C4H9NO.C2H6/c1-3-9-5-4-6-10(7-9)8-11-2;1-4(2,5)3-6;1-2/h4-7,11H,3,8H2,1-2H3;3H,5H2,1-2H3;1-2H3. The third-order valence-electron chi connectivity index (χ3n) is 2.08. The second kappa shape index (κ2) is 11.9. The molecule has 19 heavy (non-hydrogen) atoms. The van der Waals surface area contributed by atoms with E-state index in [9.17, 15) is 4.79 Å². The summed E-state index contributed by atoms with van der Waals surface area (Å²) in [6, 6.07) is 8.68. The predicted molar refractivity (Wildman–Crippen MR) is 84.3 cm³/mol. The van der Waals surface area contributed by atoms with Crippen LogP contribution in [-0.4, -0.2) is 18.9 Å². The topological polar surface area (TPSA) is 55.1 Å². The minimum Gasteiger partial charge on any atom is -0.320 e. The number of aldehydes is 1. The summed E-state index contributed by atoms with van der Waals surface area (Å²) in [6.07, 6.45) is 1.84. The van der Waals surface area contributed by atoms with Gasteiger partial charge in [-0.05, 0) is 38.4 Å². The van der Waals surface area contributed by atoms with Crippen molar-refractivity contribution in [3.8, 4) is 0 Å². The van der Waals surface area contributed by atoms with Crippen molar-refractivity contribution < 1.29 is 4.79 Å². The zero-order chi connectivity index (χ0) is 15.3. The zero-order valence-electron chi connectivity index (χ0n) is 13.3. The van der Waals surface area contributed by atoms with Gasteiger partial charge in [0.25, 0.3) is 0 Å². The highest BCUT2D eigenvalue weighted by molar-refractivity contribution is 5.61. The molecule has 3 nitrogen and oxygen atoms in total. The Hall–Kier alpha value is -1.19. The Morgan fingerprint density at radius 3 is 2.11 bits per heavy atom. The van der Waals surface area contributed by atoms with Crippen LogP contribution in [0.4, 0.5) is 0 Å². The van der Waals surface area contributed by atoms with Crippen molar-refractivity contribution in [1.29, 1.82) is 0 Å². The highest BCUT2D eigenvalue weighted by Crippen LogP contribution is 2.04. The van der Waals surface area contributed by atoms with E-state index in [-0.39, 0.29) is 0 Å². The first-order valence-electron chi connectivity index (χ1n) is 6.90. The molecule has 0 aromatic heterocycles. The van der Waals surface area contributed by atoms with E-state index in [0.29, 0.717) is 6.29 Å². The summed E-state index contributed by atoms with van der Waals surface area (Å²) in [4.78, 5) is 9.70. The number of benzene rings is 1. The second-order valence-electron chi connectivity index (χ2n) is 4.64. The van der Waals surface area contributed by atoms with Gasteiger partial charge in [-0.25, -0.2) is 0 Å². The Kier molecular flexibility index (Phi) is 12.6. The molecule has 110 valence electrons. The molecule has 3 heteroatoms. The van der Waals surface area contributed by atoms with Gasteiger partial charge in [-0.2, -0.15) is 0 Å². The minimum atomic E-state index is -0.639. The number of nitrogens with two attached hydrogens (primary N) is 1. The average Bonchev–Trinajstić information content (AvgIpc) is 2.41. The molecule has 0 atom stereocenters. The molecule has 0 bridgehead atoms. The van der Waals surface area contributed by atoms with E-state index in [1.807, 2.05) is 20.9 Å². The van der Waals surface area contributed by atoms with E-state index < -0.39 is 5.54 Å². The summed E-state index contributed by atoms with van der Waals surface area (Å²) < 4.78 is 0. The summed E-state index contributed by atoms with van der Waals surface area (Å²) in [7, 11) is 1.97. The van der Waals surface area contributed by atoms with Gasteiger partial charge < -0.3 is 15.8 Å². The molecule has 0 radical (unpaired) electrons. The van der Waals surface area contributed by atoms with Gasteiger partial charge >= 0.3 is 0 Å². The van der Waals surface area contributed by atoms with Crippen molar-refractivity contribution in [2.75, 3.05) is 7.05 Å². The Bertz CT molecular complexity index is 330. The molecule has 0 aliphatic rings. The maximum atomic E-state index is 9.70. The molecule has 0 unspecified atom stereocenters. The van der Waals surface area contributed by atoms with Gasteiger partial charge in [-0.1, -0.05) is 45.0 Å². The Morgan fingerprint density at radius 1 is 1.26 bits per heavy atom. The maximum absolute atomic E-state index is 9.70. The largest absolute Gasteiger partial charge is 0.320 e. The first-order chi connectivity index (χ1) is 8.92. The van der Waals surface area contributed by atoms with E-state index in [2.05, 4.69) is 36.5 Å². The quantitative estimate of drug-likeness (QED) is 0.824. The zero-order valence-corrected chi connectivity index (χ0v) is 13.3. The lowest BCUT2D eigenvalue weighted by Gasteiger charge is -2.04. The van der Waals surface area contributed by atoms with E-state index in [4.69, 9.17) is 5.73 Å². The predicted octanol–water partition coefficient (Wildman–Crippen LogP) is 2.92. The van der Waals surface area contributed by atoms with Gasteiger partial charge in [0.2, 0.25) is 0 Å². The summed E-state index contributed by atoms with van der Waals surface area (Å²) in [5, 5.41) is 3.14. The van der Waals surface area contributed by atoms with Crippen LogP contribution in [0.15, 0.2) is 24.3 Å². The summed E-state index contributed by atoms with van der Waals surface area (Å²) >= 11 is 0. The molecule has 0 saturated heterocycles. The fraction of sp³-hybridized carbons (Fsp3) is 0.562. The molecule has 0 spiro atoms. The molecule has 0 aliphatic heterocycles. The first kappa shape index (κ1) is 20.1. The van der Waals surface area contributed by atoms with Crippen LogP contribution >= 0.6 is 0 Å². The van der Waals surface area contributed by atoms with Crippen LogP contribution in [0.25, 0.3) is 0 Å². The van der Waals surface area contributed by atoms with Crippen LogP contribution in [0.5, 0.6) is 0 Å². The number of nitrogens with one attached hydrogen (secondary N) is 1. The fourth-order valence-corrected chi connectivity index (χ4v) is 1.16. The number of carbonyl (C=O) groups excluding carboxylic acids is 1. The van der Waals surface area contributed by atoms with Crippen LogP contribution in [-0.2, 0) is 17.8 Å². The summed E-state index contributed by atoms with van der Waals surface area (Å²) in [5.74, 6) is 0. The molecule has 0 fully saturated rings. The average molecular weight is 266 g/mol. The maximum Gasteiger partial charge on any atom is 0.139 e. The van der Waals surface area contributed by atoms with Crippen LogP contribution in [0, 0.1) is 0 Å². The number of hydrogen-bond acceptors (Lipinski definition) is 3. The van der Waals surface area contributed by atoms with Crippen LogP contribution in [0.2, 0.25) is 0 Å². The molecule has 3 N–H and O–H groups in total. The lowest BCUT2D eigenvalue weighted by Crippen LogP contribution is -2.33. The van der Waals surface area contributed by atoms with Gasteiger partial charge in [0.15, 0.2) is 0 Å². The Balaban J connectivity index is 0. The number of aryl methyl sites for hydroxylation is 1. The Morgan fingerprint density at radius 2 is 1.74 bits per heavy atom. The van der Waals surface area contributed by atoms with E-state index in [1.54, 1.807) is 13.8 Å². The lowest BCUT2D eigenvalue weighted by atomic mass is 10.1. The fourth-order valence-electron chi connectivity index (χ4n) is 1.16. The van der Waals surface area contributed by atoms with Gasteiger partial charge in [0, 0.05) is 6.54 Å². The third kappa shape index (κ3) is 13.0. The number of rotatable bonds is 4. The first-order valence-corrected chi connectivity index (χ1v) is 6.90. The molecule has 0 aliphatic carbocycles. The van der Waals surface area contributed by atoms with Crippen molar-refractivity contribution in [3.05, 3.63) is 35.4 Å². The minimum absolute atomic E-state index is 0.639. The molecule has 1 aromatic rings. The number of carbonyl (C=O) groups is 1. The molecule has 0 amide bonds. The van der Waals surface area contributed by atoms with Gasteiger partial charge in [0.05, 0.1) is 5.54 Å². The third-order valence-corrected chi connectivity index (χ3v) is 2.08. The highest BCUT2D eigenvalue weighted by atomic mass is 16.1. The van der Waals surface area contributed by atoms with Gasteiger partial charge in [-0.3, -0.25) is 0 Å². The smallest absolute Gasteiger partial charge is 0.139 e. The monoisotopic (exact) mass is 266 g/mol. The van der Waals surface area contributed by atoms with E-state index in [1.165, 1.54) is 11.1 Å². The molecular weight excluding hydrogens is 236 g/mol. The summed E-state index contributed by atoms with van der Waals surface area (Å²) in [5.41, 5.74) is 7.31. The van der Waals surface area contributed by atoms with Gasteiger partial charge in [0.1, 0.15) is 6.29 Å². The van der Waals surface area contributed by atoms with E-state index in [0.717, 1.165) is 13.0 Å². The molecule has 0 saturated carbocycles. The van der Waals surface area contributed by atoms with Crippen LogP contribution in [0.3, 0.4) is 0 Å². The van der Waals surface area contributed by atoms with Crippen LogP contribution < -0.4 is 11.1 Å². The van der Waals surface area contributed by atoms with Crippen molar-refractivity contribution in [3.63, 3.8) is 0 Å². The van der Waals surface area contributed by atoms with Gasteiger partial charge in [-0.15, -0.1) is 0 Å². The van der Waals surface area contributed by atoms with Crippen molar-refractivity contribution in [2.24, 2.45) is 5.73 Å². The molecule has 0 heterocycles. The van der Waals surface area contributed by atoms with Crippen molar-refractivity contribution >= 4 is 6.29 Å². The molecule has 1 aromatic carbocycles. The van der Waals surface area contributed by atoms with Crippen molar-refractivity contribution in [1.82, 2.24) is 5.32 Å². The van der Waals surface area contributed by atoms with Crippen LogP contribution in [0.1, 0.15) is 45.7 Å². The summed E-state index contributed by atoms with van der Waals surface area (Å²) in [6.45, 7) is 10.5. The number of hydrogen-bond donors (Lipinski definition) is 2. The van der Waals surface area contributed by atoms with E-state index >= 15 is 0 Å².